The molecular weight excluding hydrogens is 477 g/mol. The number of carbonyl (C=O) groups excluding carboxylic acids is 4. The van der Waals surface area contributed by atoms with Gasteiger partial charge in [-0.15, -0.1) is 0 Å². The molecule has 1 aliphatic heterocycles. The fraction of sp³-hybridized carbons (Fsp3) is 0.478. The molecule has 1 saturated heterocycles. The first-order valence-electron chi connectivity index (χ1n) is 10.8. The molecule has 1 aromatic carbocycles. The molecule has 3 amide bonds. The number of amides is 3. The molecule has 182 valence electrons. The highest BCUT2D eigenvalue weighted by molar-refractivity contribution is 6.33. The van der Waals surface area contributed by atoms with Crippen molar-refractivity contribution in [2.24, 2.45) is 29.6 Å². The van der Waals surface area contributed by atoms with Crippen molar-refractivity contribution >= 4 is 41.0 Å². The molecule has 2 bridgehead atoms. The molecule has 0 aromatic heterocycles. The average Bonchev–Trinajstić information content (AvgIpc) is 3.43. The number of carbonyl (C=O) groups is 4. The summed E-state index contributed by atoms with van der Waals surface area (Å²) in [4.78, 5) is 52.1. The van der Waals surface area contributed by atoms with Gasteiger partial charge in [-0.25, -0.2) is 4.79 Å². The molecule has 34 heavy (non-hydrogen) atoms. The number of hydrogen-bond acceptors (Lipinski definition) is 5. The lowest BCUT2D eigenvalue weighted by Crippen LogP contribution is -2.50. The van der Waals surface area contributed by atoms with Crippen molar-refractivity contribution in [1.29, 1.82) is 0 Å². The Hall–Kier alpha value is -2.88. The second-order valence-electron chi connectivity index (χ2n) is 9.08. The number of ether oxygens (including phenoxy) is 1. The fourth-order valence-electron chi connectivity index (χ4n) is 5.08. The Bertz CT molecular complexity index is 1060. The summed E-state index contributed by atoms with van der Waals surface area (Å²) in [7, 11) is 0. The van der Waals surface area contributed by atoms with Gasteiger partial charge in [-0.2, -0.15) is 13.2 Å². The number of imide groups is 1. The van der Waals surface area contributed by atoms with Gasteiger partial charge in [-0.05, 0) is 42.4 Å². The summed E-state index contributed by atoms with van der Waals surface area (Å²) >= 11 is 5.86. The third-order valence-corrected chi connectivity index (χ3v) is 6.90. The molecule has 1 saturated carbocycles. The van der Waals surface area contributed by atoms with Gasteiger partial charge in [0, 0.05) is 0 Å². The average molecular weight is 499 g/mol. The van der Waals surface area contributed by atoms with Crippen LogP contribution in [0.5, 0.6) is 0 Å². The molecule has 3 aliphatic rings. The minimum absolute atomic E-state index is 0.0247. The number of nitrogens with one attached hydrogen (secondary N) is 1. The Morgan fingerprint density at radius 2 is 1.74 bits per heavy atom. The van der Waals surface area contributed by atoms with Gasteiger partial charge >= 0.3 is 12.1 Å². The number of nitrogens with zero attached hydrogens (tertiary/aromatic N) is 1. The second kappa shape index (κ2) is 8.72. The van der Waals surface area contributed by atoms with E-state index in [0.29, 0.717) is 6.07 Å². The third kappa shape index (κ3) is 4.19. The maximum Gasteiger partial charge on any atom is 0.416 e. The van der Waals surface area contributed by atoms with Crippen LogP contribution in [-0.4, -0.2) is 41.2 Å². The SMILES string of the molecule is CC(C)[C@H](C(=O)OCC(=O)Nc1cc(C(F)(F)F)ccc1Cl)N1C(=O)[C@@H]2[C@H](C1=O)[C@H]1C=C[C@H]2C1. The van der Waals surface area contributed by atoms with E-state index in [1.165, 1.54) is 0 Å². The normalized spacial score (nSPS) is 26.3. The van der Waals surface area contributed by atoms with Crippen LogP contribution in [-0.2, 0) is 30.1 Å². The van der Waals surface area contributed by atoms with E-state index >= 15 is 0 Å². The number of allylic oxidation sites excluding steroid dienone is 2. The molecule has 11 heteroatoms. The number of esters is 1. The monoisotopic (exact) mass is 498 g/mol. The number of benzene rings is 1. The zero-order valence-corrected chi connectivity index (χ0v) is 19.0. The van der Waals surface area contributed by atoms with E-state index < -0.39 is 65.8 Å². The number of likely N-dealkylation sites (tertiary alicyclic amines) is 1. The minimum atomic E-state index is -4.64. The zero-order valence-electron chi connectivity index (χ0n) is 18.3. The van der Waals surface area contributed by atoms with Gasteiger partial charge in [0.1, 0.15) is 6.04 Å². The second-order valence-corrected chi connectivity index (χ2v) is 9.49. The Kier molecular flexibility index (Phi) is 6.22. The lowest BCUT2D eigenvalue weighted by molar-refractivity contribution is -0.162. The molecule has 4 rings (SSSR count). The maximum atomic E-state index is 13.0. The van der Waals surface area contributed by atoms with Crippen LogP contribution in [0.2, 0.25) is 5.02 Å². The van der Waals surface area contributed by atoms with Crippen LogP contribution in [0.3, 0.4) is 0 Å². The Balaban J connectivity index is 1.42. The summed E-state index contributed by atoms with van der Waals surface area (Å²) in [5, 5.41) is 2.05. The van der Waals surface area contributed by atoms with Crippen molar-refractivity contribution in [2.45, 2.75) is 32.5 Å². The van der Waals surface area contributed by atoms with Crippen LogP contribution in [0.15, 0.2) is 30.4 Å². The molecule has 5 atom stereocenters. The first kappa shape index (κ1) is 24.3. The van der Waals surface area contributed by atoms with Crippen molar-refractivity contribution in [3.8, 4) is 0 Å². The molecule has 2 fully saturated rings. The molecule has 7 nitrogen and oxygen atoms in total. The van der Waals surface area contributed by atoms with Gasteiger partial charge in [0.2, 0.25) is 11.8 Å². The third-order valence-electron chi connectivity index (χ3n) is 6.57. The smallest absolute Gasteiger partial charge is 0.416 e. The van der Waals surface area contributed by atoms with Crippen LogP contribution in [0.4, 0.5) is 18.9 Å². The zero-order chi connectivity index (χ0) is 24.9. The number of hydrogen-bond donors (Lipinski definition) is 1. The van der Waals surface area contributed by atoms with E-state index in [-0.39, 0.29) is 22.5 Å². The van der Waals surface area contributed by atoms with Gasteiger partial charge in [-0.3, -0.25) is 19.3 Å². The minimum Gasteiger partial charge on any atom is -0.454 e. The molecule has 1 N–H and O–H groups in total. The molecule has 0 spiro atoms. The van der Waals surface area contributed by atoms with Crippen LogP contribution in [0.1, 0.15) is 25.8 Å². The first-order chi connectivity index (χ1) is 15.9. The maximum absolute atomic E-state index is 13.0. The predicted octanol–water partition coefficient (Wildman–Crippen LogP) is 3.67. The molecule has 0 radical (unpaired) electrons. The van der Waals surface area contributed by atoms with Gasteiger partial charge < -0.3 is 10.1 Å². The quantitative estimate of drug-likeness (QED) is 0.367. The molecule has 2 aliphatic carbocycles. The topological polar surface area (TPSA) is 92.8 Å². The summed E-state index contributed by atoms with van der Waals surface area (Å²) in [6.07, 6.45) is -0.0161. The molecular formula is C23H22ClF3N2O5. The van der Waals surface area contributed by atoms with E-state index in [1.807, 2.05) is 12.2 Å². The highest BCUT2D eigenvalue weighted by Gasteiger charge is 2.61. The first-order valence-corrected chi connectivity index (χ1v) is 11.2. The van der Waals surface area contributed by atoms with Gasteiger partial charge in [0.05, 0.1) is 28.1 Å². The van der Waals surface area contributed by atoms with E-state index in [9.17, 15) is 32.3 Å². The summed E-state index contributed by atoms with van der Waals surface area (Å²) < 4.78 is 43.8. The van der Waals surface area contributed by atoms with Crippen molar-refractivity contribution < 1.29 is 37.1 Å². The van der Waals surface area contributed by atoms with Crippen LogP contribution >= 0.6 is 11.6 Å². The van der Waals surface area contributed by atoms with Crippen LogP contribution in [0.25, 0.3) is 0 Å². The fourth-order valence-corrected chi connectivity index (χ4v) is 5.25. The van der Waals surface area contributed by atoms with E-state index in [0.717, 1.165) is 23.5 Å². The number of anilines is 1. The summed E-state index contributed by atoms with van der Waals surface area (Å²) in [5.41, 5.74) is -1.30. The largest absolute Gasteiger partial charge is 0.454 e. The van der Waals surface area contributed by atoms with E-state index in [2.05, 4.69) is 5.32 Å². The lowest BCUT2D eigenvalue weighted by Gasteiger charge is -2.28. The van der Waals surface area contributed by atoms with Crippen molar-refractivity contribution in [2.75, 3.05) is 11.9 Å². The Labute approximate surface area is 198 Å². The molecule has 0 unspecified atom stereocenters. The van der Waals surface area contributed by atoms with E-state index in [1.54, 1.807) is 13.8 Å². The van der Waals surface area contributed by atoms with Crippen molar-refractivity contribution in [1.82, 2.24) is 4.90 Å². The molecule has 1 heterocycles. The molecule has 1 aromatic rings. The van der Waals surface area contributed by atoms with Gasteiger partial charge in [0.15, 0.2) is 6.61 Å². The number of rotatable bonds is 6. The van der Waals surface area contributed by atoms with Crippen molar-refractivity contribution in [3.05, 3.63) is 40.9 Å². The van der Waals surface area contributed by atoms with Gasteiger partial charge in [-0.1, -0.05) is 37.6 Å². The Morgan fingerprint density at radius 1 is 1.15 bits per heavy atom. The number of fused-ring (bicyclic) bond motifs is 5. The number of halogens is 4. The predicted molar refractivity (Wildman–Crippen MR) is 114 cm³/mol. The van der Waals surface area contributed by atoms with Crippen molar-refractivity contribution in [3.63, 3.8) is 0 Å². The summed E-state index contributed by atoms with van der Waals surface area (Å²) in [6, 6.07) is 1.22. The summed E-state index contributed by atoms with van der Waals surface area (Å²) in [5.74, 6) is -4.19. The van der Waals surface area contributed by atoms with Gasteiger partial charge in [0.25, 0.3) is 5.91 Å². The highest BCUT2D eigenvalue weighted by Crippen LogP contribution is 2.53. The highest BCUT2D eigenvalue weighted by atomic mass is 35.5. The standard InChI is InChI=1S/C23H22ClF3N2O5/c1-10(2)19(29-20(31)17-11-3-4-12(7-11)18(17)21(29)32)22(33)34-9-16(30)28-15-8-13(23(25,26)27)5-6-14(15)24/h3-6,8,10-12,17-19H,7,9H2,1-2H3,(H,28,30)/t11-,12-,17-,18+,19+/m0/s1. The lowest BCUT2D eigenvalue weighted by atomic mass is 9.85. The van der Waals surface area contributed by atoms with E-state index in [4.69, 9.17) is 16.3 Å². The Morgan fingerprint density at radius 3 is 2.26 bits per heavy atom. The van der Waals surface area contributed by atoms with Crippen LogP contribution in [0, 0.1) is 29.6 Å². The number of alkyl halides is 3. The van der Waals surface area contributed by atoms with Crippen LogP contribution < -0.4 is 5.32 Å². The summed E-state index contributed by atoms with van der Waals surface area (Å²) in [6.45, 7) is 2.47.